The number of hydrogen-bond acceptors (Lipinski definition) is 7. The minimum atomic E-state index is -0.551. The maximum atomic E-state index is 12.3. The van der Waals surface area contributed by atoms with E-state index in [-0.39, 0.29) is 5.91 Å². The van der Waals surface area contributed by atoms with Gasteiger partial charge in [0.05, 0.1) is 17.4 Å². The second-order valence-corrected chi connectivity index (χ2v) is 8.88. The van der Waals surface area contributed by atoms with Gasteiger partial charge in [0.1, 0.15) is 16.5 Å². The fourth-order valence-corrected chi connectivity index (χ4v) is 3.78. The lowest BCUT2D eigenvalue weighted by molar-refractivity contribution is -0.117. The van der Waals surface area contributed by atoms with E-state index in [4.69, 9.17) is 10.6 Å². The number of rotatable bonds is 13. The monoisotopic (exact) mass is 445 g/mol. The molecule has 1 atom stereocenters. The van der Waals surface area contributed by atoms with Crippen LogP contribution < -0.4 is 11.1 Å². The molecule has 1 unspecified atom stereocenters. The second kappa shape index (κ2) is 13.2. The van der Waals surface area contributed by atoms with Crippen LogP contribution in [0.15, 0.2) is 28.7 Å². The van der Waals surface area contributed by atoms with Crippen molar-refractivity contribution in [1.82, 2.24) is 9.97 Å². The molecule has 0 saturated heterocycles. The summed E-state index contributed by atoms with van der Waals surface area (Å²) < 4.78 is 0. The van der Waals surface area contributed by atoms with E-state index in [1.54, 1.807) is 6.07 Å². The first-order chi connectivity index (χ1) is 14.9. The average Bonchev–Trinajstić information content (AvgIpc) is 3.21. The van der Waals surface area contributed by atoms with Crippen LogP contribution in [0, 0.1) is 5.92 Å². The number of nitrogens with one attached hydrogen (secondary N) is 1. The molecule has 0 radical (unpaired) electrons. The van der Waals surface area contributed by atoms with E-state index in [1.165, 1.54) is 24.2 Å². The minimum Gasteiger partial charge on any atom is -0.389 e. The maximum Gasteiger partial charge on any atom is 0.242 e. The van der Waals surface area contributed by atoms with Gasteiger partial charge in [-0.15, -0.1) is 11.3 Å². The number of aromatic nitrogens is 2. The van der Waals surface area contributed by atoms with E-state index >= 15 is 0 Å². The molecule has 0 bridgehead atoms. The number of thiazole rings is 1. The van der Waals surface area contributed by atoms with Crippen LogP contribution in [-0.2, 0) is 16.2 Å². The summed E-state index contributed by atoms with van der Waals surface area (Å²) in [6, 6.07) is 4.91. The summed E-state index contributed by atoms with van der Waals surface area (Å²) in [5.74, 6) is 0.596. The Bertz CT molecular complexity index is 850. The number of nitrogens with zero attached hydrogens (tertiary/aromatic N) is 3. The number of pyridine rings is 1. The Hall–Kier alpha value is -2.32. The molecular weight excluding hydrogens is 410 g/mol. The number of oxime groups is 1. The van der Waals surface area contributed by atoms with Gasteiger partial charge in [0.15, 0.2) is 6.61 Å². The topological polar surface area (TPSA) is 102 Å². The number of unbranched alkanes of at least 4 members (excludes halogenated alkanes) is 2. The lowest BCUT2D eigenvalue weighted by Gasteiger charge is -2.13. The predicted octanol–water partition coefficient (Wildman–Crippen LogP) is 5.38. The normalized spacial score (nSPS) is 12.8. The highest BCUT2D eigenvalue weighted by Gasteiger charge is 2.16. The highest BCUT2D eigenvalue weighted by molar-refractivity contribution is 7.13. The Morgan fingerprint density at radius 1 is 1.26 bits per heavy atom. The Morgan fingerprint density at radius 2 is 2.06 bits per heavy atom. The van der Waals surface area contributed by atoms with Crippen LogP contribution in [0.3, 0.4) is 0 Å². The van der Waals surface area contributed by atoms with Gasteiger partial charge in [-0.3, -0.25) is 4.79 Å². The van der Waals surface area contributed by atoms with Crippen molar-refractivity contribution in [3.63, 3.8) is 0 Å². The fraction of sp³-hybridized carbons (Fsp3) is 0.565. The van der Waals surface area contributed by atoms with Gasteiger partial charge in [0.2, 0.25) is 5.91 Å². The molecule has 7 nitrogen and oxygen atoms in total. The molecule has 8 heteroatoms. The van der Waals surface area contributed by atoms with Gasteiger partial charge in [0, 0.05) is 5.38 Å². The van der Waals surface area contributed by atoms with Gasteiger partial charge in [-0.05, 0) is 43.7 Å². The van der Waals surface area contributed by atoms with E-state index in [1.807, 2.05) is 31.4 Å². The van der Waals surface area contributed by atoms with Crippen LogP contribution in [0.1, 0.15) is 71.9 Å². The van der Waals surface area contributed by atoms with Crippen LogP contribution in [0.4, 0.5) is 5.82 Å². The molecule has 0 aliphatic rings. The Kier molecular flexibility index (Phi) is 10.6. The van der Waals surface area contributed by atoms with E-state index in [9.17, 15) is 4.79 Å². The molecule has 0 fully saturated rings. The highest BCUT2D eigenvalue weighted by Crippen LogP contribution is 2.23. The summed E-state index contributed by atoms with van der Waals surface area (Å²) in [5, 5.41) is 9.79. The first-order valence-electron chi connectivity index (χ1n) is 11.1. The number of carbonyl (C=O) groups is 1. The first kappa shape index (κ1) is 24.9. The number of anilines is 1. The van der Waals surface area contributed by atoms with Crippen LogP contribution in [0.25, 0.3) is 10.7 Å². The quantitative estimate of drug-likeness (QED) is 0.245. The van der Waals surface area contributed by atoms with E-state index < -0.39 is 6.04 Å². The molecule has 0 aliphatic carbocycles. The molecule has 1 amide bonds. The third-order valence-electron chi connectivity index (χ3n) is 4.72. The van der Waals surface area contributed by atoms with Crippen molar-refractivity contribution in [2.75, 3.05) is 5.32 Å². The lowest BCUT2D eigenvalue weighted by Crippen LogP contribution is -2.36. The first-order valence-corrected chi connectivity index (χ1v) is 12.0. The molecule has 2 rings (SSSR count). The smallest absolute Gasteiger partial charge is 0.242 e. The van der Waals surface area contributed by atoms with Gasteiger partial charge >= 0.3 is 0 Å². The third-order valence-corrected chi connectivity index (χ3v) is 5.63. The standard InChI is InChI=1S/C23H35N5O2S/c1-5-7-8-10-17(6-2)28-30-14-18-15-31-23(25-18)20-11-9-12-21(26-20)27-22(29)19(24)13-16(3)4/h9,11-12,15-16,19H,5-8,10,13-14,24H2,1-4H3,(H,26,27,29)/b28-17-. The molecule has 0 saturated carbocycles. The van der Waals surface area contributed by atoms with E-state index in [0.717, 1.165) is 35.7 Å². The number of nitrogens with two attached hydrogens (primary N) is 1. The lowest BCUT2D eigenvalue weighted by atomic mass is 10.0. The Morgan fingerprint density at radius 3 is 2.77 bits per heavy atom. The molecule has 31 heavy (non-hydrogen) atoms. The summed E-state index contributed by atoms with van der Waals surface area (Å²) in [7, 11) is 0. The zero-order chi connectivity index (χ0) is 22.6. The number of carbonyl (C=O) groups excluding carboxylic acids is 1. The number of hydrogen-bond donors (Lipinski definition) is 2. The zero-order valence-electron chi connectivity index (χ0n) is 19.1. The molecule has 2 heterocycles. The molecular formula is C23H35N5O2S. The van der Waals surface area contributed by atoms with Crippen LogP contribution >= 0.6 is 11.3 Å². The molecule has 170 valence electrons. The summed E-state index contributed by atoms with van der Waals surface area (Å²) in [6.45, 7) is 8.70. The molecule has 3 N–H and O–H groups in total. The summed E-state index contributed by atoms with van der Waals surface area (Å²) >= 11 is 1.49. The maximum absolute atomic E-state index is 12.3. The highest BCUT2D eigenvalue weighted by atomic mass is 32.1. The molecule has 2 aromatic heterocycles. The minimum absolute atomic E-state index is 0.227. The van der Waals surface area contributed by atoms with Crippen molar-refractivity contribution < 1.29 is 9.63 Å². The van der Waals surface area contributed by atoms with Crippen molar-refractivity contribution in [2.45, 2.75) is 78.9 Å². The largest absolute Gasteiger partial charge is 0.389 e. The second-order valence-electron chi connectivity index (χ2n) is 8.02. The molecule has 0 spiro atoms. The van der Waals surface area contributed by atoms with Crippen LogP contribution in [0.2, 0.25) is 0 Å². The van der Waals surface area contributed by atoms with Crippen LogP contribution in [0.5, 0.6) is 0 Å². The molecule has 2 aromatic rings. The SMILES string of the molecule is CCCCC/C(CC)=N\OCc1csc(-c2cccc(NC(=O)C(N)CC(C)C)n2)n1. The van der Waals surface area contributed by atoms with Gasteiger partial charge in [0.25, 0.3) is 0 Å². The zero-order valence-corrected chi connectivity index (χ0v) is 19.9. The fourth-order valence-electron chi connectivity index (χ4n) is 3.00. The van der Waals surface area contributed by atoms with Crippen molar-refractivity contribution in [3.05, 3.63) is 29.3 Å². The van der Waals surface area contributed by atoms with Gasteiger partial charge in [-0.1, -0.05) is 51.8 Å². The molecule has 0 aliphatic heterocycles. The Labute approximate surface area is 189 Å². The average molecular weight is 446 g/mol. The summed E-state index contributed by atoms with van der Waals surface area (Å²) in [6.07, 6.45) is 6.06. The third kappa shape index (κ3) is 8.75. The predicted molar refractivity (Wildman–Crippen MR) is 128 cm³/mol. The summed E-state index contributed by atoms with van der Waals surface area (Å²) in [5.41, 5.74) is 8.55. The van der Waals surface area contributed by atoms with Crippen molar-refractivity contribution in [2.24, 2.45) is 16.8 Å². The number of amides is 1. The van der Waals surface area contributed by atoms with E-state index in [0.29, 0.717) is 30.5 Å². The van der Waals surface area contributed by atoms with E-state index in [2.05, 4.69) is 34.3 Å². The van der Waals surface area contributed by atoms with Crippen LogP contribution in [-0.4, -0.2) is 27.6 Å². The Balaban J connectivity index is 1.95. The van der Waals surface area contributed by atoms with Crippen molar-refractivity contribution >= 4 is 28.8 Å². The van der Waals surface area contributed by atoms with Crippen molar-refractivity contribution in [1.29, 1.82) is 0 Å². The molecule has 0 aromatic carbocycles. The summed E-state index contributed by atoms with van der Waals surface area (Å²) in [4.78, 5) is 26.9. The van der Waals surface area contributed by atoms with Crippen molar-refractivity contribution in [3.8, 4) is 10.7 Å². The van der Waals surface area contributed by atoms with Gasteiger partial charge in [-0.25, -0.2) is 9.97 Å². The van der Waals surface area contributed by atoms with Gasteiger partial charge in [-0.2, -0.15) is 0 Å². The van der Waals surface area contributed by atoms with Gasteiger partial charge < -0.3 is 15.9 Å².